The second-order valence-corrected chi connectivity index (χ2v) is 8.83. The molecule has 2 aromatic rings. The van der Waals surface area contributed by atoms with Crippen LogP contribution in [0.4, 0.5) is 4.79 Å². The van der Waals surface area contributed by atoms with Gasteiger partial charge < -0.3 is 35.6 Å². The lowest BCUT2D eigenvalue weighted by molar-refractivity contribution is -0.143. The van der Waals surface area contributed by atoms with Crippen LogP contribution in [0.3, 0.4) is 0 Å². The number of phenols is 1. The van der Waals surface area contributed by atoms with Crippen molar-refractivity contribution in [2.24, 2.45) is 0 Å². The molecule has 0 heterocycles. The molecule has 35 heavy (non-hydrogen) atoms. The largest absolute Gasteiger partial charge is 0.508 e. The van der Waals surface area contributed by atoms with Crippen LogP contribution in [0, 0.1) is 0 Å². The van der Waals surface area contributed by atoms with Crippen molar-refractivity contribution in [1.82, 2.24) is 15.5 Å². The quantitative estimate of drug-likeness (QED) is 0.341. The molecule has 0 aromatic heterocycles. The number of carbonyl (C=O) groups excluding carboxylic acids is 3. The van der Waals surface area contributed by atoms with Gasteiger partial charge in [-0.05, 0) is 44.0 Å². The third-order valence-electron chi connectivity index (χ3n) is 4.87. The molecular weight excluding hydrogens is 454 g/mol. The van der Waals surface area contributed by atoms with Crippen molar-refractivity contribution in [1.29, 1.82) is 0 Å². The molecule has 0 spiro atoms. The zero-order valence-electron chi connectivity index (χ0n) is 20.1. The number of aliphatic hydroxyl groups excluding tert-OH is 2. The molecule has 0 bridgehead atoms. The maximum absolute atomic E-state index is 13.4. The van der Waals surface area contributed by atoms with Crippen molar-refractivity contribution in [2.45, 2.75) is 45.0 Å². The van der Waals surface area contributed by atoms with E-state index in [0.717, 1.165) is 10.5 Å². The van der Waals surface area contributed by atoms with Gasteiger partial charge in [0, 0.05) is 13.1 Å². The van der Waals surface area contributed by atoms with Gasteiger partial charge in [0.2, 0.25) is 11.8 Å². The van der Waals surface area contributed by atoms with Crippen LogP contribution in [0.1, 0.15) is 37.9 Å². The highest BCUT2D eigenvalue weighted by molar-refractivity contribution is 5.92. The van der Waals surface area contributed by atoms with E-state index in [1.807, 2.05) is 30.3 Å². The monoisotopic (exact) mass is 487 g/mol. The van der Waals surface area contributed by atoms with E-state index in [1.165, 1.54) is 24.3 Å². The molecule has 0 aliphatic heterocycles. The summed E-state index contributed by atoms with van der Waals surface area (Å²) >= 11 is 0. The predicted octanol–water partition coefficient (Wildman–Crippen LogP) is 1.46. The van der Waals surface area contributed by atoms with Gasteiger partial charge in [-0.15, -0.1) is 0 Å². The van der Waals surface area contributed by atoms with Gasteiger partial charge in [0.05, 0.1) is 13.2 Å². The number of alkyl carbamates (subject to hydrolysis) is 1. The van der Waals surface area contributed by atoms with Crippen LogP contribution in [0.5, 0.6) is 5.75 Å². The van der Waals surface area contributed by atoms with Gasteiger partial charge in [0.15, 0.2) is 0 Å². The van der Waals surface area contributed by atoms with E-state index in [2.05, 4.69) is 10.6 Å². The number of hydrogen-bond donors (Lipinski definition) is 5. The Kier molecular flexibility index (Phi) is 10.0. The maximum atomic E-state index is 13.4. The van der Waals surface area contributed by atoms with Crippen molar-refractivity contribution in [3.63, 3.8) is 0 Å². The topological polar surface area (TPSA) is 148 Å². The van der Waals surface area contributed by atoms with Gasteiger partial charge >= 0.3 is 6.09 Å². The second kappa shape index (κ2) is 12.7. The molecule has 0 aliphatic carbocycles. The van der Waals surface area contributed by atoms with Gasteiger partial charge in [0.25, 0.3) is 0 Å². The summed E-state index contributed by atoms with van der Waals surface area (Å²) in [6, 6.07) is 12.2. The molecule has 10 heteroatoms. The Morgan fingerprint density at radius 1 is 1.00 bits per heavy atom. The first-order valence-electron chi connectivity index (χ1n) is 11.2. The molecule has 2 atom stereocenters. The number of amides is 3. The Morgan fingerprint density at radius 3 is 2.17 bits per heavy atom. The average molecular weight is 488 g/mol. The smallest absolute Gasteiger partial charge is 0.408 e. The molecule has 10 nitrogen and oxygen atoms in total. The lowest BCUT2D eigenvalue weighted by atomic mass is 10.0. The molecule has 0 aliphatic rings. The highest BCUT2D eigenvalue weighted by Gasteiger charge is 2.35. The van der Waals surface area contributed by atoms with Crippen LogP contribution in [-0.2, 0) is 20.9 Å². The summed E-state index contributed by atoms with van der Waals surface area (Å²) in [6.07, 6.45) is -0.913. The lowest BCUT2D eigenvalue weighted by Gasteiger charge is -2.33. The first-order chi connectivity index (χ1) is 16.6. The first kappa shape index (κ1) is 27.6. The molecule has 2 unspecified atom stereocenters. The van der Waals surface area contributed by atoms with Crippen LogP contribution in [0.25, 0.3) is 0 Å². The number of benzene rings is 2. The summed E-state index contributed by atoms with van der Waals surface area (Å²) < 4.78 is 5.16. The van der Waals surface area contributed by atoms with Gasteiger partial charge in [-0.1, -0.05) is 42.5 Å². The van der Waals surface area contributed by atoms with E-state index in [4.69, 9.17) is 4.74 Å². The van der Waals surface area contributed by atoms with E-state index in [9.17, 15) is 29.7 Å². The summed E-state index contributed by atoms with van der Waals surface area (Å²) in [4.78, 5) is 40.0. The first-order valence-corrected chi connectivity index (χ1v) is 11.2. The Balaban J connectivity index is 2.34. The molecule has 190 valence electrons. The van der Waals surface area contributed by atoms with Crippen molar-refractivity contribution < 1.29 is 34.4 Å². The molecule has 3 amide bonds. The normalized spacial score (nSPS) is 12.8. The van der Waals surface area contributed by atoms with Gasteiger partial charge in [-0.25, -0.2) is 4.79 Å². The standard InChI is InChI=1S/C25H33N3O7/c1-25(2,3)35-24(34)27-20(16-30)23(33)28(13-14-29)21(18-9-11-19(31)12-10-18)22(32)26-15-17-7-5-4-6-8-17/h4-12,20-21,29-31H,13-16H2,1-3H3,(H,26,32)(H,27,34). The van der Waals surface area contributed by atoms with Gasteiger partial charge in [-0.2, -0.15) is 0 Å². The Labute approximate surface area is 204 Å². The molecule has 0 saturated heterocycles. The molecule has 2 aromatic carbocycles. The fourth-order valence-electron chi connectivity index (χ4n) is 3.32. The molecule has 0 fully saturated rings. The van der Waals surface area contributed by atoms with Crippen molar-refractivity contribution in [3.05, 3.63) is 65.7 Å². The Bertz CT molecular complexity index is 975. The molecule has 2 rings (SSSR count). The number of nitrogens with zero attached hydrogens (tertiary/aromatic N) is 1. The van der Waals surface area contributed by atoms with Crippen LogP contribution in [-0.4, -0.2) is 69.5 Å². The molecular formula is C25H33N3O7. The lowest BCUT2D eigenvalue weighted by Crippen LogP contribution is -2.55. The summed E-state index contributed by atoms with van der Waals surface area (Å²) in [6.45, 7) is 3.66. The number of hydrogen-bond acceptors (Lipinski definition) is 7. The number of rotatable bonds is 10. The molecule has 0 saturated carbocycles. The minimum Gasteiger partial charge on any atom is -0.508 e. The average Bonchev–Trinajstić information content (AvgIpc) is 2.81. The highest BCUT2D eigenvalue weighted by atomic mass is 16.6. The number of carbonyl (C=O) groups is 3. The molecule has 0 radical (unpaired) electrons. The Hall–Kier alpha value is -3.63. The van der Waals surface area contributed by atoms with Crippen LogP contribution in [0.2, 0.25) is 0 Å². The molecule has 5 N–H and O–H groups in total. The van der Waals surface area contributed by atoms with Crippen LogP contribution >= 0.6 is 0 Å². The third-order valence-corrected chi connectivity index (χ3v) is 4.87. The number of aliphatic hydroxyl groups is 2. The minimum absolute atomic E-state index is 0.0305. The summed E-state index contributed by atoms with van der Waals surface area (Å²) in [5, 5.41) is 34.3. The summed E-state index contributed by atoms with van der Waals surface area (Å²) in [7, 11) is 0. The van der Waals surface area contributed by atoms with Crippen LogP contribution in [0.15, 0.2) is 54.6 Å². The van der Waals surface area contributed by atoms with Crippen molar-refractivity contribution in [3.8, 4) is 5.75 Å². The minimum atomic E-state index is -1.42. The van der Waals surface area contributed by atoms with E-state index < -0.39 is 48.8 Å². The Morgan fingerprint density at radius 2 is 1.63 bits per heavy atom. The van der Waals surface area contributed by atoms with Crippen LogP contribution < -0.4 is 10.6 Å². The van der Waals surface area contributed by atoms with Crippen molar-refractivity contribution >= 4 is 17.9 Å². The summed E-state index contributed by atoms with van der Waals surface area (Å²) in [5.41, 5.74) is 0.374. The number of aromatic hydroxyl groups is 1. The summed E-state index contributed by atoms with van der Waals surface area (Å²) in [5.74, 6) is -1.37. The van der Waals surface area contributed by atoms with Gasteiger partial charge in [0.1, 0.15) is 23.4 Å². The van der Waals surface area contributed by atoms with E-state index in [0.29, 0.717) is 5.56 Å². The van der Waals surface area contributed by atoms with E-state index >= 15 is 0 Å². The third kappa shape index (κ3) is 8.58. The zero-order chi connectivity index (χ0) is 26.0. The fraction of sp³-hybridized carbons (Fsp3) is 0.400. The maximum Gasteiger partial charge on any atom is 0.408 e. The number of ether oxygens (including phenoxy) is 1. The zero-order valence-corrected chi connectivity index (χ0v) is 20.1. The van der Waals surface area contributed by atoms with E-state index in [1.54, 1.807) is 20.8 Å². The van der Waals surface area contributed by atoms with E-state index in [-0.39, 0.29) is 18.8 Å². The number of nitrogens with one attached hydrogen (secondary N) is 2. The number of phenolic OH excluding ortho intramolecular Hbond substituents is 1. The van der Waals surface area contributed by atoms with Gasteiger partial charge in [-0.3, -0.25) is 9.59 Å². The highest BCUT2D eigenvalue weighted by Crippen LogP contribution is 2.24. The SMILES string of the molecule is CC(C)(C)OC(=O)NC(CO)C(=O)N(CCO)C(C(=O)NCc1ccccc1)c1ccc(O)cc1. The fourth-order valence-corrected chi connectivity index (χ4v) is 3.32. The van der Waals surface area contributed by atoms with Crippen molar-refractivity contribution in [2.75, 3.05) is 19.8 Å². The predicted molar refractivity (Wildman–Crippen MR) is 128 cm³/mol. The second-order valence-electron chi connectivity index (χ2n) is 8.83.